The summed E-state index contributed by atoms with van der Waals surface area (Å²) in [5.74, 6) is 2.69. The highest BCUT2D eigenvalue weighted by molar-refractivity contribution is 5.08. The van der Waals surface area contributed by atoms with Gasteiger partial charge in [-0.1, -0.05) is 19.0 Å². The highest BCUT2D eigenvalue weighted by atomic mass is 16.5. The van der Waals surface area contributed by atoms with E-state index in [2.05, 4.69) is 15.0 Å². The zero-order valence-electron chi connectivity index (χ0n) is 12.8. The van der Waals surface area contributed by atoms with Crippen molar-refractivity contribution in [2.75, 3.05) is 6.54 Å². The van der Waals surface area contributed by atoms with Crippen molar-refractivity contribution in [3.8, 4) is 0 Å². The van der Waals surface area contributed by atoms with E-state index in [1.54, 1.807) is 6.07 Å². The molecule has 3 heterocycles. The lowest BCUT2D eigenvalue weighted by atomic mass is 10.2. The van der Waals surface area contributed by atoms with Crippen molar-refractivity contribution in [2.24, 2.45) is 0 Å². The SMILES string of the molecule is CC(C)c1noc(C2CC(O)CN2Cc2ccc(CO)o2)n1. The second kappa shape index (κ2) is 6.20. The van der Waals surface area contributed by atoms with Gasteiger partial charge in [-0.25, -0.2) is 0 Å². The highest BCUT2D eigenvalue weighted by Gasteiger charge is 2.36. The number of nitrogens with zero attached hydrogens (tertiary/aromatic N) is 3. The molecular formula is C15H21N3O4. The molecule has 0 spiro atoms. The van der Waals surface area contributed by atoms with Crippen LogP contribution in [0, 0.1) is 0 Å². The summed E-state index contributed by atoms with van der Waals surface area (Å²) in [5, 5.41) is 23.0. The number of rotatable bonds is 5. The van der Waals surface area contributed by atoms with Crippen LogP contribution in [-0.4, -0.2) is 37.9 Å². The molecule has 2 aromatic rings. The lowest BCUT2D eigenvalue weighted by molar-refractivity contribution is 0.160. The second-order valence-electron chi connectivity index (χ2n) is 6.01. The minimum atomic E-state index is -0.424. The first-order valence-corrected chi connectivity index (χ1v) is 7.51. The molecule has 22 heavy (non-hydrogen) atoms. The molecule has 0 radical (unpaired) electrons. The largest absolute Gasteiger partial charge is 0.462 e. The Bertz CT molecular complexity index is 622. The van der Waals surface area contributed by atoms with Gasteiger partial charge in [0.1, 0.15) is 18.1 Å². The lowest BCUT2D eigenvalue weighted by Gasteiger charge is -2.19. The standard InChI is InChI=1S/C15H21N3O4/c1-9(2)14-16-15(22-17-14)13-5-10(20)6-18(13)7-11-3-4-12(8-19)21-11/h3-4,9-10,13,19-20H,5-8H2,1-2H3. The van der Waals surface area contributed by atoms with Gasteiger partial charge in [0.25, 0.3) is 0 Å². The van der Waals surface area contributed by atoms with Crippen LogP contribution in [0.1, 0.15) is 55.5 Å². The summed E-state index contributed by atoms with van der Waals surface area (Å²) < 4.78 is 10.9. The molecule has 0 bridgehead atoms. The Hall–Kier alpha value is -1.70. The molecule has 1 fully saturated rings. The molecule has 2 unspecified atom stereocenters. The van der Waals surface area contributed by atoms with E-state index in [1.807, 2.05) is 19.9 Å². The first kappa shape index (κ1) is 15.2. The topological polar surface area (TPSA) is 95.8 Å². The molecule has 2 atom stereocenters. The molecule has 2 N–H and O–H groups in total. The Kier molecular flexibility index (Phi) is 4.28. The number of aliphatic hydroxyl groups excluding tert-OH is 2. The van der Waals surface area contributed by atoms with Crippen LogP contribution in [0.4, 0.5) is 0 Å². The maximum absolute atomic E-state index is 9.97. The van der Waals surface area contributed by atoms with E-state index < -0.39 is 6.10 Å². The van der Waals surface area contributed by atoms with E-state index in [0.29, 0.717) is 37.0 Å². The molecule has 120 valence electrons. The van der Waals surface area contributed by atoms with Crippen molar-refractivity contribution in [3.63, 3.8) is 0 Å². The van der Waals surface area contributed by atoms with Crippen LogP contribution < -0.4 is 0 Å². The lowest BCUT2D eigenvalue weighted by Crippen LogP contribution is -2.24. The monoisotopic (exact) mass is 307 g/mol. The minimum absolute atomic E-state index is 0.113. The molecule has 7 heteroatoms. The van der Waals surface area contributed by atoms with Crippen molar-refractivity contribution in [2.45, 2.75) is 51.5 Å². The van der Waals surface area contributed by atoms with Gasteiger partial charge in [-0.2, -0.15) is 4.98 Å². The average molecular weight is 307 g/mol. The summed E-state index contributed by atoms with van der Waals surface area (Å²) in [6.45, 7) is 4.96. The van der Waals surface area contributed by atoms with Crippen LogP contribution in [0.5, 0.6) is 0 Å². The zero-order valence-corrected chi connectivity index (χ0v) is 12.8. The Morgan fingerprint density at radius 3 is 2.77 bits per heavy atom. The van der Waals surface area contributed by atoms with Gasteiger partial charge >= 0.3 is 0 Å². The van der Waals surface area contributed by atoms with Crippen LogP contribution in [0.3, 0.4) is 0 Å². The van der Waals surface area contributed by atoms with Gasteiger partial charge in [0, 0.05) is 12.5 Å². The number of aliphatic hydroxyl groups is 2. The number of aromatic nitrogens is 2. The fourth-order valence-corrected chi connectivity index (χ4v) is 2.72. The smallest absolute Gasteiger partial charge is 0.244 e. The molecule has 0 aliphatic carbocycles. The second-order valence-corrected chi connectivity index (χ2v) is 6.01. The van der Waals surface area contributed by atoms with E-state index in [1.165, 1.54) is 0 Å². The summed E-state index contributed by atoms with van der Waals surface area (Å²) in [7, 11) is 0. The van der Waals surface area contributed by atoms with Crippen LogP contribution in [0.2, 0.25) is 0 Å². The third-order valence-corrected chi connectivity index (χ3v) is 3.87. The molecule has 0 amide bonds. The Labute approximate surface area is 128 Å². The molecule has 0 aromatic carbocycles. The molecule has 1 aliphatic rings. The molecule has 2 aromatic heterocycles. The molecular weight excluding hydrogens is 286 g/mol. The Morgan fingerprint density at radius 1 is 1.36 bits per heavy atom. The number of likely N-dealkylation sites (tertiary alicyclic amines) is 1. The fourth-order valence-electron chi connectivity index (χ4n) is 2.72. The first-order valence-electron chi connectivity index (χ1n) is 7.51. The molecule has 7 nitrogen and oxygen atoms in total. The van der Waals surface area contributed by atoms with E-state index in [0.717, 1.165) is 5.76 Å². The molecule has 3 rings (SSSR count). The number of furan rings is 1. The third-order valence-electron chi connectivity index (χ3n) is 3.87. The van der Waals surface area contributed by atoms with Crippen molar-refractivity contribution >= 4 is 0 Å². The number of β-amino-alcohol motifs (C(OH)–C–C–N with tert-alkyl or cyclic N) is 1. The van der Waals surface area contributed by atoms with Gasteiger partial charge in [0.2, 0.25) is 5.89 Å². The van der Waals surface area contributed by atoms with Crippen LogP contribution in [0.15, 0.2) is 21.1 Å². The summed E-state index contributed by atoms with van der Waals surface area (Å²) in [6.07, 6.45) is 0.138. The van der Waals surface area contributed by atoms with Crippen molar-refractivity contribution in [3.05, 3.63) is 35.4 Å². The van der Waals surface area contributed by atoms with E-state index >= 15 is 0 Å². The van der Waals surface area contributed by atoms with Crippen LogP contribution in [-0.2, 0) is 13.2 Å². The van der Waals surface area contributed by atoms with Crippen molar-refractivity contribution in [1.82, 2.24) is 15.0 Å². The zero-order chi connectivity index (χ0) is 15.7. The van der Waals surface area contributed by atoms with Gasteiger partial charge in [-0.3, -0.25) is 4.90 Å². The molecule has 1 aliphatic heterocycles. The van der Waals surface area contributed by atoms with Crippen LogP contribution >= 0.6 is 0 Å². The van der Waals surface area contributed by atoms with Gasteiger partial charge in [0.05, 0.1) is 18.7 Å². The summed E-state index contributed by atoms with van der Waals surface area (Å²) in [5.41, 5.74) is 0. The predicted octanol–water partition coefficient (Wildman–Crippen LogP) is 1.59. The predicted molar refractivity (Wildman–Crippen MR) is 76.8 cm³/mol. The number of hydrogen-bond donors (Lipinski definition) is 2. The van der Waals surface area contributed by atoms with Crippen molar-refractivity contribution in [1.29, 1.82) is 0 Å². The first-order chi connectivity index (χ1) is 10.6. The van der Waals surface area contributed by atoms with E-state index in [4.69, 9.17) is 14.0 Å². The Morgan fingerprint density at radius 2 is 2.14 bits per heavy atom. The van der Waals surface area contributed by atoms with Gasteiger partial charge in [-0.05, 0) is 18.6 Å². The van der Waals surface area contributed by atoms with Crippen LogP contribution in [0.25, 0.3) is 0 Å². The minimum Gasteiger partial charge on any atom is -0.462 e. The summed E-state index contributed by atoms with van der Waals surface area (Å²) >= 11 is 0. The molecule has 0 saturated carbocycles. The van der Waals surface area contributed by atoms with E-state index in [-0.39, 0.29) is 18.6 Å². The fraction of sp³-hybridized carbons (Fsp3) is 0.600. The van der Waals surface area contributed by atoms with Gasteiger partial charge in [-0.15, -0.1) is 0 Å². The number of hydrogen-bond acceptors (Lipinski definition) is 7. The van der Waals surface area contributed by atoms with Gasteiger partial charge in [0.15, 0.2) is 5.82 Å². The van der Waals surface area contributed by atoms with Gasteiger partial charge < -0.3 is 19.2 Å². The quantitative estimate of drug-likeness (QED) is 0.865. The maximum atomic E-state index is 9.97. The summed E-state index contributed by atoms with van der Waals surface area (Å²) in [4.78, 5) is 6.50. The third kappa shape index (κ3) is 3.06. The Balaban J connectivity index is 1.76. The average Bonchev–Trinajstić information content (AvgIpc) is 3.18. The normalized spacial score (nSPS) is 22.8. The van der Waals surface area contributed by atoms with E-state index in [9.17, 15) is 5.11 Å². The highest BCUT2D eigenvalue weighted by Crippen LogP contribution is 2.33. The maximum Gasteiger partial charge on any atom is 0.244 e. The van der Waals surface area contributed by atoms with Crippen molar-refractivity contribution < 1.29 is 19.2 Å². The molecule has 1 saturated heterocycles. The summed E-state index contributed by atoms with van der Waals surface area (Å²) in [6, 6.07) is 3.47.